The first-order valence-electron chi connectivity index (χ1n) is 9.55. The number of sulfonamides is 2. The number of rotatable bonds is 9. The van der Waals surface area contributed by atoms with Crippen LogP contribution in [0.1, 0.15) is 33.3 Å². The number of hydrogen-bond donors (Lipinski definition) is 1. The molecule has 9 heteroatoms. The lowest BCUT2D eigenvalue weighted by Gasteiger charge is -2.21. The summed E-state index contributed by atoms with van der Waals surface area (Å²) in [6.07, 6.45) is 0. The summed E-state index contributed by atoms with van der Waals surface area (Å²) in [6.45, 7) is 7.03. The van der Waals surface area contributed by atoms with Crippen molar-refractivity contribution in [3.63, 3.8) is 0 Å². The molecule has 0 aliphatic heterocycles. The molecule has 1 N–H and O–H groups in total. The topological polar surface area (TPSA) is 101 Å². The molecule has 0 radical (unpaired) electrons. The van der Waals surface area contributed by atoms with Gasteiger partial charge in [-0.25, -0.2) is 21.6 Å². The Bertz CT molecular complexity index is 1070. The number of nitrogens with zero attached hydrogens (tertiary/aromatic N) is 1. The largest absolute Gasteiger partial charge is 0.298 e. The maximum Gasteiger partial charge on any atom is 0.243 e. The van der Waals surface area contributed by atoms with Crippen molar-refractivity contribution in [2.45, 2.75) is 44.0 Å². The third-order valence-corrected chi connectivity index (χ3v) is 7.94. The van der Waals surface area contributed by atoms with Gasteiger partial charge in [0.15, 0.2) is 5.78 Å². The Morgan fingerprint density at radius 1 is 0.900 bits per heavy atom. The van der Waals surface area contributed by atoms with Crippen molar-refractivity contribution in [1.29, 1.82) is 0 Å². The number of ketones is 1. The fraction of sp³-hybridized carbons (Fsp3) is 0.381. The van der Waals surface area contributed by atoms with Crippen LogP contribution in [0.2, 0.25) is 0 Å². The fourth-order valence-corrected chi connectivity index (χ4v) is 5.02. The lowest BCUT2D eigenvalue weighted by molar-refractivity contribution is -0.125. The van der Waals surface area contributed by atoms with E-state index >= 15 is 0 Å². The van der Waals surface area contributed by atoms with Gasteiger partial charge in [0.2, 0.25) is 20.0 Å². The molecule has 0 unspecified atom stereocenters. The molecule has 2 aromatic carbocycles. The van der Waals surface area contributed by atoms with Gasteiger partial charge in [0.25, 0.3) is 0 Å². The standard InChI is InChI=1S/C21H28N2O5S2/c1-5-23(16-17-9-7-6-8-10-17)30(27,28)19-13-11-18(12-14-19)29(25,26)22-15-20(24)21(2,3)4/h6-14,22H,5,15-16H2,1-4H3. The van der Waals surface area contributed by atoms with Gasteiger partial charge >= 0.3 is 0 Å². The molecule has 30 heavy (non-hydrogen) atoms. The zero-order valence-corrected chi connectivity index (χ0v) is 19.3. The third-order valence-electron chi connectivity index (χ3n) is 4.59. The number of nitrogens with one attached hydrogen (secondary N) is 1. The highest BCUT2D eigenvalue weighted by Gasteiger charge is 2.26. The van der Waals surface area contributed by atoms with E-state index in [1.54, 1.807) is 27.7 Å². The van der Waals surface area contributed by atoms with E-state index in [0.717, 1.165) is 5.56 Å². The number of carbonyl (C=O) groups is 1. The van der Waals surface area contributed by atoms with Gasteiger partial charge in [0.1, 0.15) is 0 Å². The summed E-state index contributed by atoms with van der Waals surface area (Å²) in [6, 6.07) is 14.2. The number of hydrogen-bond acceptors (Lipinski definition) is 5. The predicted octanol–water partition coefficient (Wildman–Crippen LogP) is 2.79. The first kappa shape index (κ1) is 24.2. The summed E-state index contributed by atoms with van der Waals surface area (Å²) in [4.78, 5) is 11.9. The maximum atomic E-state index is 13.0. The second-order valence-electron chi connectivity index (χ2n) is 7.89. The number of benzene rings is 2. The summed E-state index contributed by atoms with van der Waals surface area (Å²) in [7, 11) is -7.72. The minimum absolute atomic E-state index is 0.00463. The Morgan fingerprint density at radius 3 is 1.93 bits per heavy atom. The highest BCUT2D eigenvalue weighted by atomic mass is 32.2. The number of Topliss-reactive ketones (excluding diaryl/α,β-unsaturated/α-hetero) is 1. The summed E-state index contributed by atoms with van der Waals surface area (Å²) in [5, 5.41) is 0. The Labute approximate surface area is 179 Å². The van der Waals surface area contributed by atoms with E-state index in [-0.39, 0.29) is 35.2 Å². The Kier molecular flexibility index (Phi) is 7.57. The molecule has 0 aliphatic rings. The Balaban J connectivity index is 2.19. The Morgan fingerprint density at radius 2 is 1.43 bits per heavy atom. The van der Waals surface area contributed by atoms with E-state index in [1.807, 2.05) is 30.3 Å². The molecule has 0 spiro atoms. The predicted molar refractivity (Wildman–Crippen MR) is 116 cm³/mol. The van der Waals surface area contributed by atoms with Crippen LogP contribution in [0, 0.1) is 5.41 Å². The van der Waals surface area contributed by atoms with Crippen molar-refractivity contribution in [3.8, 4) is 0 Å². The van der Waals surface area contributed by atoms with Gasteiger partial charge in [-0.2, -0.15) is 4.31 Å². The van der Waals surface area contributed by atoms with Crippen LogP contribution in [0.25, 0.3) is 0 Å². The van der Waals surface area contributed by atoms with Crippen molar-refractivity contribution in [1.82, 2.24) is 9.03 Å². The minimum Gasteiger partial charge on any atom is -0.298 e. The molecule has 0 bridgehead atoms. The molecule has 164 valence electrons. The first-order valence-corrected chi connectivity index (χ1v) is 12.5. The summed E-state index contributed by atoms with van der Waals surface area (Å²) in [5.41, 5.74) is 0.192. The summed E-state index contributed by atoms with van der Waals surface area (Å²) in [5.74, 6) is -0.246. The van der Waals surface area contributed by atoms with Crippen molar-refractivity contribution in [2.24, 2.45) is 5.41 Å². The lowest BCUT2D eigenvalue weighted by atomic mass is 9.91. The Hall–Kier alpha value is -2.07. The van der Waals surface area contributed by atoms with Gasteiger partial charge in [-0.15, -0.1) is 0 Å². The van der Waals surface area contributed by atoms with E-state index in [1.165, 1.54) is 28.6 Å². The molecule has 7 nitrogen and oxygen atoms in total. The summed E-state index contributed by atoms with van der Waals surface area (Å²) >= 11 is 0. The molecule has 0 saturated carbocycles. The van der Waals surface area contributed by atoms with Gasteiger partial charge in [0.05, 0.1) is 16.3 Å². The zero-order valence-electron chi connectivity index (χ0n) is 17.6. The van der Waals surface area contributed by atoms with Crippen LogP contribution in [0.3, 0.4) is 0 Å². The van der Waals surface area contributed by atoms with Crippen molar-refractivity contribution >= 4 is 25.8 Å². The van der Waals surface area contributed by atoms with Crippen molar-refractivity contribution in [2.75, 3.05) is 13.1 Å². The number of carbonyl (C=O) groups excluding carboxylic acids is 1. The molecule has 0 aliphatic carbocycles. The van der Waals surface area contributed by atoms with Gasteiger partial charge < -0.3 is 0 Å². The second-order valence-corrected chi connectivity index (χ2v) is 11.6. The highest BCUT2D eigenvalue weighted by Crippen LogP contribution is 2.21. The molecule has 0 amide bonds. The van der Waals surface area contributed by atoms with Gasteiger partial charge in [-0.3, -0.25) is 4.79 Å². The van der Waals surface area contributed by atoms with Crippen LogP contribution < -0.4 is 4.72 Å². The average Bonchev–Trinajstić information content (AvgIpc) is 2.70. The molecular weight excluding hydrogens is 424 g/mol. The molecule has 0 fully saturated rings. The van der Waals surface area contributed by atoms with E-state index in [0.29, 0.717) is 0 Å². The average molecular weight is 453 g/mol. The normalized spacial score (nSPS) is 12.8. The molecule has 2 aromatic rings. The fourth-order valence-electron chi connectivity index (χ4n) is 2.60. The van der Waals surface area contributed by atoms with E-state index < -0.39 is 25.5 Å². The van der Waals surface area contributed by atoms with Gasteiger partial charge in [0, 0.05) is 18.5 Å². The molecular formula is C21H28N2O5S2. The van der Waals surface area contributed by atoms with Crippen molar-refractivity contribution < 1.29 is 21.6 Å². The van der Waals surface area contributed by atoms with Crippen LogP contribution in [0.15, 0.2) is 64.4 Å². The van der Waals surface area contributed by atoms with Crippen LogP contribution in [-0.2, 0) is 31.4 Å². The van der Waals surface area contributed by atoms with E-state index in [2.05, 4.69) is 4.72 Å². The molecule has 0 heterocycles. The highest BCUT2D eigenvalue weighted by molar-refractivity contribution is 7.89. The first-order chi connectivity index (χ1) is 13.9. The quantitative estimate of drug-likeness (QED) is 0.631. The monoisotopic (exact) mass is 452 g/mol. The molecule has 0 atom stereocenters. The van der Waals surface area contributed by atoms with Gasteiger partial charge in [-0.05, 0) is 29.8 Å². The second kappa shape index (κ2) is 9.38. The van der Waals surface area contributed by atoms with Crippen LogP contribution >= 0.6 is 0 Å². The molecule has 0 aromatic heterocycles. The SMILES string of the molecule is CCN(Cc1ccccc1)S(=O)(=O)c1ccc(S(=O)(=O)NCC(=O)C(C)(C)C)cc1. The third kappa shape index (κ3) is 5.98. The van der Waals surface area contributed by atoms with Crippen LogP contribution in [0.5, 0.6) is 0 Å². The van der Waals surface area contributed by atoms with Crippen molar-refractivity contribution in [3.05, 3.63) is 60.2 Å². The van der Waals surface area contributed by atoms with Crippen LogP contribution in [-0.4, -0.2) is 40.0 Å². The van der Waals surface area contributed by atoms with Crippen LogP contribution in [0.4, 0.5) is 0 Å². The molecule has 2 rings (SSSR count). The minimum atomic E-state index is -3.93. The maximum absolute atomic E-state index is 13.0. The van der Waals surface area contributed by atoms with Gasteiger partial charge in [-0.1, -0.05) is 58.0 Å². The zero-order chi connectivity index (χ0) is 22.6. The van der Waals surface area contributed by atoms with E-state index in [9.17, 15) is 21.6 Å². The van der Waals surface area contributed by atoms with E-state index in [4.69, 9.17) is 0 Å². The smallest absolute Gasteiger partial charge is 0.243 e. The molecule has 0 saturated heterocycles. The lowest BCUT2D eigenvalue weighted by Crippen LogP contribution is -2.35. The summed E-state index contributed by atoms with van der Waals surface area (Å²) < 4.78 is 54.4.